The molecule has 262 valence electrons. The Morgan fingerprint density at radius 1 is 0.780 bits per heavy atom. The topological polar surface area (TPSA) is 117 Å². The fourth-order valence-corrected chi connectivity index (χ4v) is 6.58. The molecule has 0 atom stereocenters. The Hall–Kier alpha value is -4.69. The maximum absolute atomic E-state index is 13.9. The van der Waals surface area contributed by atoms with Crippen LogP contribution in [-0.2, 0) is 24.2 Å². The van der Waals surface area contributed by atoms with Crippen LogP contribution in [0.1, 0.15) is 62.6 Å². The van der Waals surface area contributed by atoms with Crippen LogP contribution in [-0.4, -0.2) is 33.5 Å². The Labute approximate surface area is 301 Å². The summed E-state index contributed by atoms with van der Waals surface area (Å²) in [6.07, 6.45) is 20.4. The molecule has 0 aliphatic heterocycles. The molecule has 1 amide bonds. The van der Waals surface area contributed by atoms with Gasteiger partial charge >= 0.3 is 0 Å². The van der Waals surface area contributed by atoms with E-state index in [-0.39, 0.29) is 11.8 Å². The van der Waals surface area contributed by atoms with Crippen molar-refractivity contribution in [2.24, 2.45) is 11.7 Å². The van der Waals surface area contributed by atoms with Gasteiger partial charge in [0.1, 0.15) is 5.82 Å². The molecule has 1 aliphatic carbocycles. The maximum Gasteiger partial charge on any atom is 0.204 e. The van der Waals surface area contributed by atoms with Gasteiger partial charge in [-0.3, -0.25) is 14.6 Å². The van der Waals surface area contributed by atoms with Gasteiger partial charge in [-0.2, -0.15) is 11.8 Å². The summed E-state index contributed by atoms with van der Waals surface area (Å²) < 4.78 is 2.23. The SMILES string of the molecule is CCc1ccc(-c2cnc(N)c(-c3ccc(-c4cn(CC5CCCCC5)cc(-c5ccc(C)cc5)c4=O)cn3)c2)cc1CC.CSC.NC=O. The van der Waals surface area contributed by atoms with Crippen LogP contribution in [0, 0.1) is 12.8 Å². The number of carbonyl (C=O) groups excluding carboxylic acids is 1. The lowest BCUT2D eigenvalue weighted by Crippen LogP contribution is -2.18. The first-order valence-corrected chi connectivity index (χ1v) is 19.1. The second-order valence-corrected chi connectivity index (χ2v) is 13.6. The molecule has 1 saturated carbocycles. The van der Waals surface area contributed by atoms with Crippen molar-refractivity contribution in [1.82, 2.24) is 14.5 Å². The number of primary amides is 1. The van der Waals surface area contributed by atoms with Crippen molar-refractivity contribution in [3.05, 3.63) is 112 Å². The van der Waals surface area contributed by atoms with Crippen LogP contribution >= 0.6 is 11.8 Å². The van der Waals surface area contributed by atoms with Crippen LogP contribution in [0.4, 0.5) is 5.82 Å². The second-order valence-electron chi connectivity index (χ2n) is 12.8. The van der Waals surface area contributed by atoms with Gasteiger partial charge in [-0.05, 0) is 85.4 Å². The third-order valence-electron chi connectivity index (χ3n) is 9.21. The summed E-state index contributed by atoms with van der Waals surface area (Å²) in [5.74, 6) is 1.07. The molecule has 1 fully saturated rings. The van der Waals surface area contributed by atoms with Gasteiger partial charge in [0.25, 0.3) is 0 Å². The van der Waals surface area contributed by atoms with Gasteiger partial charge in [-0.1, -0.05) is 87.2 Å². The van der Waals surface area contributed by atoms with E-state index >= 15 is 0 Å². The highest BCUT2D eigenvalue weighted by Gasteiger charge is 2.18. The predicted octanol–water partition coefficient (Wildman–Crippen LogP) is 8.98. The summed E-state index contributed by atoms with van der Waals surface area (Å²) in [5, 5.41) is 0. The monoisotopic (exact) mass is 689 g/mol. The van der Waals surface area contributed by atoms with E-state index in [9.17, 15) is 4.79 Å². The minimum absolute atomic E-state index is 0.0220. The van der Waals surface area contributed by atoms with Crippen LogP contribution in [0.3, 0.4) is 0 Å². The number of nitrogens with two attached hydrogens (primary N) is 2. The third-order valence-corrected chi connectivity index (χ3v) is 9.21. The standard InChI is InChI=1S/C39H42N4O.C2H6S.CH3NO/c1-4-28-15-16-31(19-29(28)5-2)33-20-34(39(40)42-22-33)37-18-17-32(21-41-37)36-25-43(23-27-9-7-6-8-10-27)24-35(38(36)44)30-13-11-26(3)12-14-30;1-3-2;2-1-3/h11-22,24-25,27H,4-10,23H2,1-3H3,(H2,40,42);1-2H3;1H,(H2,2,3). The minimum atomic E-state index is 0.0220. The van der Waals surface area contributed by atoms with Gasteiger partial charge < -0.3 is 16.0 Å². The smallest absolute Gasteiger partial charge is 0.204 e. The van der Waals surface area contributed by atoms with Gasteiger partial charge in [-0.15, -0.1) is 0 Å². The molecule has 0 unspecified atom stereocenters. The Bertz CT molecular complexity index is 1900. The average molecular weight is 690 g/mol. The number of nitrogens with zero attached hydrogens (tertiary/aromatic N) is 3. The molecule has 3 heterocycles. The fourth-order valence-electron chi connectivity index (χ4n) is 6.58. The first-order valence-electron chi connectivity index (χ1n) is 17.5. The maximum atomic E-state index is 13.9. The fraction of sp³-hybridized carbons (Fsp3) is 0.333. The molecule has 2 aromatic carbocycles. The van der Waals surface area contributed by atoms with E-state index in [1.807, 2.05) is 55.4 Å². The van der Waals surface area contributed by atoms with Gasteiger partial charge in [0.05, 0.1) is 5.69 Å². The summed E-state index contributed by atoms with van der Waals surface area (Å²) in [5.41, 5.74) is 21.3. The summed E-state index contributed by atoms with van der Waals surface area (Å²) in [6.45, 7) is 7.37. The van der Waals surface area contributed by atoms with Crippen LogP contribution in [0.2, 0.25) is 0 Å². The Kier molecular flexibility index (Phi) is 14.4. The van der Waals surface area contributed by atoms with E-state index in [0.717, 1.165) is 58.5 Å². The zero-order chi connectivity index (χ0) is 36.0. The summed E-state index contributed by atoms with van der Waals surface area (Å²) in [7, 11) is 0. The highest BCUT2D eigenvalue weighted by Crippen LogP contribution is 2.32. The number of aromatic nitrogens is 3. The van der Waals surface area contributed by atoms with E-state index in [1.54, 1.807) is 18.0 Å². The molecule has 3 aromatic heterocycles. The molecular formula is C42H51N5O2S. The summed E-state index contributed by atoms with van der Waals surface area (Å²) >= 11 is 1.75. The lowest BCUT2D eigenvalue weighted by Gasteiger charge is -2.23. The molecule has 5 aromatic rings. The van der Waals surface area contributed by atoms with Crippen molar-refractivity contribution >= 4 is 24.0 Å². The van der Waals surface area contributed by atoms with Crippen molar-refractivity contribution in [1.29, 1.82) is 0 Å². The largest absolute Gasteiger partial charge is 0.383 e. The second kappa shape index (κ2) is 18.9. The van der Waals surface area contributed by atoms with Crippen LogP contribution < -0.4 is 16.9 Å². The molecule has 0 bridgehead atoms. The number of pyridine rings is 3. The molecule has 7 nitrogen and oxygen atoms in total. The number of carbonyl (C=O) groups is 1. The number of hydrogen-bond acceptors (Lipinski definition) is 6. The summed E-state index contributed by atoms with van der Waals surface area (Å²) in [6, 6.07) is 20.9. The molecule has 0 spiro atoms. The van der Waals surface area contributed by atoms with Crippen LogP contribution in [0.15, 0.2) is 90.2 Å². The number of anilines is 1. The van der Waals surface area contributed by atoms with Gasteiger partial charge in [0.15, 0.2) is 5.43 Å². The normalized spacial score (nSPS) is 12.7. The van der Waals surface area contributed by atoms with Gasteiger partial charge in [0, 0.05) is 59.1 Å². The Morgan fingerprint density at radius 3 is 1.96 bits per heavy atom. The number of benzene rings is 2. The Morgan fingerprint density at radius 2 is 1.36 bits per heavy atom. The van der Waals surface area contributed by atoms with Crippen molar-refractivity contribution in [3.63, 3.8) is 0 Å². The van der Waals surface area contributed by atoms with E-state index in [2.05, 4.69) is 72.5 Å². The van der Waals surface area contributed by atoms with Crippen molar-refractivity contribution in [2.75, 3.05) is 18.2 Å². The van der Waals surface area contributed by atoms with E-state index in [4.69, 9.17) is 15.5 Å². The lowest BCUT2D eigenvalue weighted by atomic mass is 9.89. The van der Waals surface area contributed by atoms with Crippen molar-refractivity contribution < 1.29 is 4.79 Å². The zero-order valence-electron chi connectivity index (χ0n) is 30.1. The Balaban J connectivity index is 0.000000875. The average Bonchev–Trinajstić information content (AvgIpc) is 3.14. The minimum Gasteiger partial charge on any atom is -0.383 e. The molecule has 1 aliphatic rings. The summed E-state index contributed by atoms with van der Waals surface area (Å²) in [4.78, 5) is 31.9. The molecule has 0 saturated heterocycles. The van der Waals surface area contributed by atoms with Crippen molar-refractivity contribution in [3.8, 4) is 44.6 Å². The molecule has 50 heavy (non-hydrogen) atoms. The quantitative estimate of drug-likeness (QED) is 0.157. The highest BCUT2D eigenvalue weighted by atomic mass is 32.2. The van der Waals surface area contributed by atoms with E-state index in [1.165, 1.54) is 48.8 Å². The molecule has 4 N–H and O–H groups in total. The number of rotatable bonds is 8. The first kappa shape index (κ1) is 38.1. The zero-order valence-corrected chi connectivity index (χ0v) is 30.9. The van der Waals surface area contributed by atoms with Crippen LogP contribution in [0.5, 0.6) is 0 Å². The molecule has 8 heteroatoms. The number of thioether (sulfide) groups is 1. The number of amides is 1. The van der Waals surface area contributed by atoms with Gasteiger partial charge in [-0.25, -0.2) is 4.98 Å². The number of hydrogen-bond donors (Lipinski definition) is 2. The van der Waals surface area contributed by atoms with Gasteiger partial charge in [0.2, 0.25) is 6.41 Å². The lowest BCUT2D eigenvalue weighted by molar-refractivity contribution is -0.106. The van der Waals surface area contributed by atoms with Crippen molar-refractivity contribution in [2.45, 2.75) is 72.3 Å². The molecular weight excluding hydrogens is 639 g/mol. The third kappa shape index (κ3) is 9.72. The molecule has 6 rings (SSSR count). The number of aryl methyl sites for hydroxylation is 3. The first-order chi connectivity index (χ1) is 24.3. The van der Waals surface area contributed by atoms with Crippen LogP contribution in [0.25, 0.3) is 44.6 Å². The van der Waals surface area contributed by atoms with E-state index in [0.29, 0.717) is 17.3 Å². The number of nitrogen functional groups attached to an aromatic ring is 1. The van der Waals surface area contributed by atoms with E-state index < -0.39 is 0 Å². The highest BCUT2D eigenvalue weighted by molar-refractivity contribution is 7.97. The molecule has 0 radical (unpaired) electrons. The predicted molar refractivity (Wildman–Crippen MR) is 212 cm³/mol.